The van der Waals surface area contributed by atoms with E-state index in [0.29, 0.717) is 28.9 Å². The Morgan fingerprint density at radius 3 is 2.67 bits per heavy atom. The number of benzene rings is 2. The summed E-state index contributed by atoms with van der Waals surface area (Å²) >= 11 is 0. The van der Waals surface area contributed by atoms with E-state index in [1.54, 1.807) is 18.2 Å². The van der Waals surface area contributed by atoms with Crippen LogP contribution in [0.4, 0.5) is 5.69 Å². The maximum Gasteiger partial charge on any atom is 0.262 e. The van der Waals surface area contributed by atoms with Gasteiger partial charge in [-0.25, -0.2) is 0 Å². The molecule has 0 aromatic heterocycles. The molecule has 0 fully saturated rings. The van der Waals surface area contributed by atoms with Crippen LogP contribution in [0.2, 0.25) is 0 Å². The molecular weight excluding hydrogens is 306 g/mol. The lowest BCUT2D eigenvalue weighted by molar-refractivity contribution is -0.118. The summed E-state index contributed by atoms with van der Waals surface area (Å²) in [6.07, 6.45) is 1.10. The maximum absolute atomic E-state index is 12.0. The van der Waals surface area contributed by atoms with E-state index in [1.165, 1.54) is 5.56 Å². The van der Waals surface area contributed by atoms with Gasteiger partial charge in [-0.1, -0.05) is 26.0 Å². The highest BCUT2D eigenvalue weighted by Crippen LogP contribution is 2.34. The molecule has 1 heterocycles. The Bertz CT molecular complexity index is 712. The van der Waals surface area contributed by atoms with Crippen LogP contribution in [0.1, 0.15) is 31.7 Å². The van der Waals surface area contributed by atoms with E-state index >= 15 is 0 Å². The van der Waals surface area contributed by atoms with Gasteiger partial charge in [-0.3, -0.25) is 4.79 Å². The normalized spacial score (nSPS) is 13.4. The van der Waals surface area contributed by atoms with Crippen molar-refractivity contribution in [1.82, 2.24) is 0 Å². The minimum Gasteiger partial charge on any atom is -0.484 e. The van der Waals surface area contributed by atoms with Gasteiger partial charge < -0.3 is 19.5 Å². The van der Waals surface area contributed by atoms with E-state index < -0.39 is 0 Å². The highest BCUT2D eigenvalue weighted by molar-refractivity contribution is 5.92. The molecule has 5 heteroatoms. The molecule has 1 atom stereocenters. The van der Waals surface area contributed by atoms with Crippen LogP contribution in [0, 0.1) is 0 Å². The average Bonchev–Trinajstić information content (AvgIpc) is 3.07. The van der Waals surface area contributed by atoms with Gasteiger partial charge in [-0.2, -0.15) is 0 Å². The molecule has 2 aromatic carbocycles. The number of hydrogen-bond donors (Lipinski definition) is 1. The van der Waals surface area contributed by atoms with Crippen LogP contribution in [0.15, 0.2) is 42.5 Å². The van der Waals surface area contributed by atoms with Crippen LogP contribution in [-0.2, 0) is 4.79 Å². The van der Waals surface area contributed by atoms with E-state index in [9.17, 15) is 4.79 Å². The van der Waals surface area contributed by atoms with Gasteiger partial charge in [-0.05, 0) is 42.2 Å². The number of fused-ring (bicyclic) bond motifs is 1. The smallest absolute Gasteiger partial charge is 0.262 e. The highest BCUT2D eigenvalue weighted by atomic mass is 16.7. The summed E-state index contributed by atoms with van der Waals surface area (Å²) in [5.41, 5.74) is 1.93. The molecule has 5 nitrogen and oxygen atoms in total. The topological polar surface area (TPSA) is 56.8 Å². The lowest BCUT2D eigenvalue weighted by Crippen LogP contribution is -2.20. The molecule has 1 amide bonds. The lowest BCUT2D eigenvalue weighted by Gasteiger charge is -2.11. The molecule has 3 rings (SSSR count). The number of rotatable bonds is 6. The summed E-state index contributed by atoms with van der Waals surface area (Å²) in [4.78, 5) is 12.0. The van der Waals surface area contributed by atoms with Gasteiger partial charge in [0.05, 0.1) is 0 Å². The molecule has 1 N–H and O–H groups in total. The van der Waals surface area contributed by atoms with Crippen molar-refractivity contribution >= 4 is 11.6 Å². The van der Waals surface area contributed by atoms with Gasteiger partial charge >= 0.3 is 0 Å². The van der Waals surface area contributed by atoms with Gasteiger partial charge in [0.2, 0.25) is 6.79 Å². The Kier molecular flexibility index (Phi) is 4.89. The number of nitrogens with one attached hydrogen (secondary N) is 1. The zero-order valence-corrected chi connectivity index (χ0v) is 13.9. The predicted octanol–water partition coefficient (Wildman–Crippen LogP) is 3.95. The Balaban J connectivity index is 1.52. The second-order valence-electron chi connectivity index (χ2n) is 5.78. The van der Waals surface area contributed by atoms with E-state index in [-0.39, 0.29) is 19.3 Å². The molecule has 1 aliphatic heterocycles. The van der Waals surface area contributed by atoms with Gasteiger partial charge in [0.1, 0.15) is 5.75 Å². The van der Waals surface area contributed by atoms with Crippen molar-refractivity contribution in [3.05, 3.63) is 48.0 Å². The molecule has 0 saturated carbocycles. The maximum atomic E-state index is 12.0. The van der Waals surface area contributed by atoms with Crippen LogP contribution >= 0.6 is 0 Å². The Morgan fingerprint density at radius 2 is 1.92 bits per heavy atom. The van der Waals surface area contributed by atoms with E-state index in [4.69, 9.17) is 14.2 Å². The van der Waals surface area contributed by atoms with E-state index in [1.807, 2.05) is 24.3 Å². The first kappa shape index (κ1) is 16.2. The fraction of sp³-hybridized carbons (Fsp3) is 0.316. The Morgan fingerprint density at radius 1 is 1.17 bits per heavy atom. The van der Waals surface area contributed by atoms with Gasteiger partial charge in [0.15, 0.2) is 18.1 Å². The Hall–Kier alpha value is -2.69. The van der Waals surface area contributed by atoms with Gasteiger partial charge in [0, 0.05) is 11.8 Å². The third kappa shape index (κ3) is 3.79. The number of hydrogen-bond acceptors (Lipinski definition) is 4. The number of carbonyl (C=O) groups is 1. The molecule has 2 aromatic rings. The highest BCUT2D eigenvalue weighted by Gasteiger charge is 2.14. The van der Waals surface area contributed by atoms with E-state index in [2.05, 4.69) is 19.2 Å². The van der Waals surface area contributed by atoms with Crippen molar-refractivity contribution in [3.63, 3.8) is 0 Å². The quantitative estimate of drug-likeness (QED) is 0.873. The molecule has 24 heavy (non-hydrogen) atoms. The van der Waals surface area contributed by atoms with Crippen LogP contribution in [0.3, 0.4) is 0 Å². The van der Waals surface area contributed by atoms with Crippen molar-refractivity contribution in [1.29, 1.82) is 0 Å². The van der Waals surface area contributed by atoms with E-state index in [0.717, 1.165) is 6.42 Å². The molecule has 0 radical (unpaired) electrons. The molecular formula is C19H21NO4. The largest absolute Gasteiger partial charge is 0.484 e. The molecule has 126 valence electrons. The second-order valence-corrected chi connectivity index (χ2v) is 5.78. The molecule has 0 bridgehead atoms. The predicted molar refractivity (Wildman–Crippen MR) is 91.8 cm³/mol. The minimum atomic E-state index is -0.222. The summed E-state index contributed by atoms with van der Waals surface area (Å²) in [5.74, 6) is 2.30. The fourth-order valence-corrected chi connectivity index (χ4v) is 2.45. The summed E-state index contributed by atoms with van der Waals surface area (Å²) in [6.45, 7) is 4.52. The first-order chi connectivity index (χ1) is 11.7. The summed E-state index contributed by atoms with van der Waals surface area (Å²) in [5, 5.41) is 2.78. The molecule has 1 aliphatic rings. The molecule has 0 aliphatic carbocycles. The number of amides is 1. The van der Waals surface area contributed by atoms with Crippen molar-refractivity contribution < 1.29 is 19.0 Å². The minimum absolute atomic E-state index is 0.0445. The standard InChI is InChI=1S/C19H21NO4/c1-3-13(2)14-4-7-16(8-5-14)22-11-19(21)20-15-6-9-17-18(10-15)24-12-23-17/h4-10,13H,3,11-12H2,1-2H3,(H,20,21). The molecule has 0 saturated heterocycles. The Labute approximate surface area is 141 Å². The number of anilines is 1. The van der Waals surface area contributed by atoms with Gasteiger partial charge in [0.25, 0.3) is 5.91 Å². The lowest BCUT2D eigenvalue weighted by atomic mass is 9.99. The fourth-order valence-electron chi connectivity index (χ4n) is 2.45. The first-order valence-corrected chi connectivity index (χ1v) is 8.08. The van der Waals surface area contributed by atoms with Gasteiger partial charge in [-0.15, -0.1) is 0 Å². The number of carbonyl (C=O) groups excluding carboxylic acids is 1. The van der Waals surface area contributed by atoms with Crippen LogP contribution in [-0.4, -0.2) is 19.3 Å². The zero-order valence-electron chi connectivity index (χ0n) is 13.9. The van der Waals surface area contributed by atoms with Crippen LogP contribution in [0.5, 0.6) is 17.2 Å². The summed E-state index contributed by atoms with van der Waals surface area (Å²) in [7, 11) is 0. The molecule has 0 spiro atoms. The van der Waals surface area contributed by atoms with Crippen molar-refractivity contribution in [2.75, 3.05) is 18.7 Å². The monoisotopic (exact) mass is 327 g/mol. The second kappa shape index (κ2) is 7.25. The zero-order chi connectivity index (χ0) is 16.9. The first-order valence-electron chi connectivity index (χ1n) is 8.08. The molecule has 1 unspecified atom stereocenters. The third-order valence-electron chi connectivity index (χ3n) is 4.09. The van der Waals surface area contributed by atoms with Crippen molar-refractivity contribution in [3.8, 4) is 17.2 Å². The SMILES string of the molecule is CCC(C)c1ccc(OCC(=O)Nc2ccc3c(c2)OCO3)cc1. The van der Waals surface area contributed by atoms with Crippen LogP contribution in [0.25, 0.3) is 0 Å². The number of ether oxygens (including phenoxy) is 3. The average molecular weight is 327 g/mol. The van der Waals surface area contributed by atoms with Crippen molar-refractivity contribution in [2.24, 2.45) is 0 Å². The third-order valence-corrected chi connectivity index (χ3v) is 4.09. The summed E-state index contributed by atoms with van der Waals surface area (Å²) in [6, 6.07) is 13.2. The van der Waals surface area contributed by atoms with Crippen LogP contribution < -0.4 is 19.5 Å². The summed E-state index contributed by atoms with van der Waals surface area (Å²) < 4.78 is 16.1. The van der Waals surface area contributed by atoms with Crippen molar-refractivity contribution in [2.45, 2.75) is 26.2 Å².